The number of hydrogen-bond acceptors (Lipinski definition) is 7. The van der Waals surface area contributed by atoms with E-state index in [1.807, 2.05) is 36.6 Å². The summed E-state index contributed by atoms with van der Waals surface area (Å²) in [6.07, 6.45) is 1.84. The first-order valence-corrected chi connectivity index (χ1v) is 8.26. The quantitative estimate of drug-likeness (QED) is 0.729. The van der Waals surface area contributed by atoms with Crippen LogP contribution < -0.4 is 10.5 Å². The molecule has 0 fully saturated rings. The van der Waals surface area contributed by atoms with Crippen molar-refractivity contribution in [1.82, 2.24) is 19.7 Å². The van der Waals surface area contributed by atoms with Gasteiger partial charge in [0.25, 0.3) is 0 Å². The molecule has 120 valence electrons. The fourth-order valence-corrected chi connectivity index (χ4v) is 2.65. The van der Waals surface area contributed by atoms with Gasteiger partial charge in [0.1, 0.15) is 34.1 Å². The first-order valence-electron chi connectivity index (χ1n) is 7.04. The smallest absolute Gasteiger partial charge is 0.224 e. The molecular formula is C16H14N6OS. The number of nitrogen functional groups attached to an aromatic ring is 1. The number of rotatable bonds is 4. The highest BCUT2D eigenvalue weighted by atomic mass is 32.2. The summed E-state index contributed by atoms with van der Waals surface area (Å²) in [5.74, 6) is 2.24. The van der Waals surface area contributed by atoms with Crippen LogP contribution in [0.25, 0.3) is 5.82 Å². The number of aryl methyl sites for hydroxylation is 1. The largest absolute Gasteiger partial charge is 0.439 e. The van der Waals surface area contributed by atoms with Crippen molar-refractivity contribution in [2.45, 2.75) is 11.9 Å². The fourth-order valence-electron chi connectivity index (χ4n) is 2.13. The Hall–Kier alpha value is -3.05. The second-order valence-corrected chi connectivity index (χ2v) is 5.61. The maximum Gasteiger partial charge on any atom is 0.224 e. The van der Waals surface area contributed by atoms with E-state index in [2.05, 4.69) is 21.1 Å². The van der Waals surface area contributed by atoms with Gasteiger partial charge in [0.05, 0.1) is 0 Å². The van der Waals surface area contributed by atoms with Gasteiger partial charge in [-0.2, -0.15) is 20.0 Å². The molecule has 0 saturated heterocycles. The number of nitriles is 1. The molecule has 0 spiro atoms. The zero-order valence-corrected chi connectivity index (χ0v) is 13.9. The predicted molar refractivity (Wildman–Crippen MR) is 91.3 cm³/mol. The number of nitrogens with zero attached hydrogens (tertiary/aromatic N) is 5. The normalized spacial score (nSPS) is 10.4. The van der Waals surface area contributed by atoms with Crippen LogP contribution in [0.15, 0.2) is 41.4 Å². The summed E-state index contributed by atoms with van der Waals surface area (Å²) in [4.78, 5) is 8.61. The topological polar surface area (TPSA) is 103 Å². The molecule has 0 aliphatic carbocycles. The Morgan fingerprint density at radius 3 is 2.62 bits per heavy atom. The van der Waals surface area contributed by atoms with Gasteiger partial charge >= 0.3 is 0 Å². The third kappa shape index (κ3) is 3.02. The number of para-hydroxylation sites is 1. The van der Waals surface area contributed by atoms with E-state index in [-0.39, 0.29) is 5.82 Å². The number of hydrogen-bond donors (Lipinski definition) is 1. The van der Waals surface area contributed by atoms with Gasteiger partial charge in [-0.1, -0.05) is 18.2 Å². The average molecular weight is 338 g/mol. The van der Waals surface area contributed by atoms with Crippen LogP contribution in [0.1, 0.15) is 11.4 Å². The number of ether oxygens (including phenoxy) is 1. The molecule has 0 radical (unpaired) electrons. The van der Waals surface area contributed by atoms with E-state index in [0.717, 1.165) is 0 Å². The minimum Gasteiger partial charge on any atom is -0.439 e. The molecule has 0 bridgehead atoms. The van der Waals surface area contributed by atoms with Crippen molar-refractivity contribution < 1.29 is 4.74 Å². The number of benzene rings is 1. The molecule has 0 aliphatic rings. The van der Waals surface area contributed by atoms with Crippen molar-refractivity contribution in [1.29, 1.82) is 5.26 Å². The Morgan fingerprint density at radius 2 is 2.00 bits per heavy atom. The Balaban J connectivity index is 2.04. The lowest BCUT2D eigenvalue weighted by Crippen LogP contribution is -2.07. The summed E-state index contributed by atoms with van der Waals surface area (Å²) >= 11 is 1.35. The monoisotopic (exact) mass is 338 g/mol. The summed E-state index contributed by atoms with van der Waals surface area (Å²) in [6.45, 7) is 1.75. The molecule has 2 heterocycles. The van der Waals surface area contributed by atoms with Crippen molar-refractivity contribution in [3.63, 3.8) is 0 Å². The van der Waals surface area contributed by atoms with Crippen molar-refractivity contribution in [3.8, 4) is 23.5 Å². The van der Waals surface area contributed by atoms with Crippen LogP contribution in [0.4, 0.5) is 5.82 Å². The van der Waals surface area contributed by atoms with Gasteiger partial charge in [-0.05, 0) is 25.3 Å². The van der Waals surface area contributed by atoms with Crippen LogP contribution >= 0.6 is 11.8 Å². The number of aromatic nitrogens is 4. The molecule has 0 atom stereocenters. The maximum absolute atomic E-state index is 9.24. The van der Waals surface area contributed by atoms with E-state index in [1.165, 1.54) is 16.4 Å². The van der Waals surface area contributed by atoms with Gasteiger partial charge in [-0.25, -0.2) is 4.98 Å². The van der Waals surface area contributed by atoms with E-state index in [9.17, 15) is 5.26 Å². The second-order valence-electron chi connectivity index (χ2n) is 4.82. The molecule has 3 aromatic rings. The van der Waals surface area contributed by atoms with Crippen LogP contribution in [-0.4, -0.2) is 26.0 Å². The minimum atomic E-state index is 0.241. The van der Waals surface area contributed by atoms with Gasteiger partial charge in [0.15, 0.2) is 5.82 Å². The summed E-state index contributed by atoms with van der Waals surface area (Å²) in [6, 6.07) is 13.0. The van der Waals surface area contributed by atoms with Crippen molar-refractivity contribution in [2.75, 3.05) is 12.0 Å². The Kier molecular flexibility index (Phi) is 4.35. The molecule has 0 aliphatic heterocycles. The third-order valence-corrected chi connectivity index (χ3v) is 3.85. The molecule has 1 aromatic carbocycles. The predicted octanol–water partition coefficient (Wildman–Crippen LogP) is 2.94. The number of nitrogens with two attached hydrogens (primary N) is 1. The second kappa shape index (κ2) is 6.60. The number of anilines is 1. The molecule has 7 nitrogen and oxygen atoms in total. The van der Waals surface area contributed by atoms with Crippen LogP contribution in [0, 0.1) is 18.3 Å². The zero-order valence-electron chi connectivity index (χ0n) is 13.1. The maximum atomic E-state index is 9.24. The highest BCUT2D eigenvalue weighted by molar-refractivity contribution is 7.98. The fraction of sp³-hybridized carbons (Fsp3) is 0.125. The lowest BCUT2D eigenvalue weighted by Gasteiger charge is -2.08. The van der Waals surface area contributed by atoms with Crippen molar-refractivity contribution in [2.24, 2.45) is 0 Å². The standard InChI is InChI=1S/C16H14N6OS/c1-10-19-13(22-15(18)12(9-17)16(21-22)24-2)8-14(20-10)23-11-6-4-3-5-7-11/h3-8H,18H2,1-2H3. The molecule has 2 aromatic heterocycles. The van der Waals surface area contributed by atoms with E-state index >= 15 is 0 Å². The highest BCUT2D eigenvalue weighted by Gasteiger charge is 2.17. The van der Waals surface area contributed by atoms with E-state index < -0.39 is 0 Å². The van der Waals surface area contributed by atoms with Gasteiger partial charge in [-0.15, -0.1) is 11.8 Å². The van der Waals surface area contributed by atoms with Crippen LogP contribution in [0.3, 0.4) is 0 Å². The molecule has 3 rings (SSSR count). The van der Waals surface area contributed by atoms with E-state index in [4.69, 9.17) is 10.5 Å². The van der Waals surface area contributed by atoms with Crippen LogP contribution in [0.2, 0.25) is 0 Å². The van der Waals surface area contributed by atoms with Gasteiger partial charge in [0.2, 0.25) is 5.88 Å². The summed E-state index contributed by atoms with van der Waals surface area (Å²) in [7, 11) is 0. The van der Waals surface area contributed by atoms with Crippen LogP contribution in [-0.2, 0) is 0 Å². The van der Waals surface area contributed by atoms with Gasteiger partial charge in [-0.3, -0.25) is 0 Å². The van der Waals surface area contributed by atoms with Crippen LogP contribution in [0.5, 0.6) is 11.6 Å². The minimum absolute atomic E-state index is 0.241. The summed E-state index contributed by atoms with van der Waals surface area (Å²) in [5, 5.41) is 14.1. The Labute approximate surface area is 143 Å². The number of thioether (sulfide) groups is 1. The van der Waals surface area contributed by atoms with E-state index in [0.29, 0.717) is 33.9 Å². The summed E-state index contributed by atoms with van der Waals surface area (Å²) in [5.41, 5.74) is 6.38. The molecule has 2 N–H and O–H groups in total. The molecular weight excluding hydrogens is 324 g/mol. The van der Waals surface area contributed by atoms with Gasteiger partial charge in [0, 0.05) is 6.07 Å². The molecule has 8 heteroatoms. The van der Waals surface area contributed by atoms with Crippen molar-refractivity contribution in [3.05, 3.63) is 47.8 Å². The Bertz CT molecular complexity index is 916. The molecule has 0 unspecified atom stereocenters. The molecule has 0 saturated carbocycles. The SMILES string of the molecule is CSc1nn(-c2cc(Oc3ccccc3)nc(C)n2)c(N)c1C#N. The lowest BCUT2D eigenvalue weighted by atomic mass is 10.3. The molecule has 0 amide bonds. The van der Waals surface area contributed by atoms with E-state index in [1.54, 1.807) is 13.0 Å². The Morgan fingerprint density at radius 1 is 1.25 bits per heavy atom. The van der Waals surface area contributed by atoms with Crippen molar-refractivity contribution >= 4 is 17.6 Å². The highest BCUT2D eigenvalue weighted by Crippen LogP contribution is 2.27. The molecule has 24 heavy (non-hydrogen) atoms. The van der Waals surface area contributed by atoms with Gasteiger partial charge < -0.3 is 10.5 Å². The zero-order chi connectivity index (χ0) is 17.1. The third-order valence-electron chi connectivity index (χ3n) is 3.18. The first-order chi connectivity index (χ1) is 11.6. The first kappa shape index (κ1) is 15.8. The summed E-state index contributed by atoms with van der Waals surface area (Å²) < 4.78 is 7.18. The lowest BCUT2D eigenvalue weighted by molar-refractivity contribution is 0.459. The average Bonchev–Trinajstić information content (AvgIpc) is 2.91.